The summed E-state index contributed by atoms with van der Waals surface area (Å²) in [4.78, 5) is 2.76. The van der Waals surface area contributed by atoms with Crippen LogP contribution in [-0.4, -0.2) is 42.8 Å². The quantitative estimate of drug-likeness (QED) is 0.922. The zero-order valence-electron chi connectivity index (χ0n) is 13.3. The molecule has 2 unspecified atom stereocenters. The smallest absolute Gasteiger partial charge is 0.0622 e. The molecule has 0 aliphatic carbocycles. The fourth-order valence-corrected chi connectivity index (χ4v) is 3.99. The lowest BCUT2D eigenvalue weighted by Crippen LogP contribution is -2.64. The molecule has 3 rings (SSSR count). The van der Waals surface area contributed by atoms with Crippen LogP contribution in [0, 0.1) is 0 Å². The lowest BCUT2D eigenvalue weighted by molar-refractivity contribution is -0.00837. The Morgan fingerprint density at radius 3 is 2.62 bits per heavy atom. The Labute approximate surface area is 128 Å². The molecule has 0 bridgehead atoms. The van der Waals surface area contributed by atoms with Crippen LogP contribution in [0.1, 0.15) is 44.7 Å². The molecule has 2 fully saturated rings. The summed E-state index contributed by atoms with van der Waals surface area (Å²) in [6.45, 7) is 8.67. The summed E-state index contributed by atoms with van der Waals surface area (Å²) in [6, 6.07) is 11.9. The van der Waals surface area contributed by atoms with Crippen molar-refractivity contribution in [3.8, 4) is 0 Å². The third kappa shape index (κ3) is 2.87. The lowest BCUT2D eigenvalue weighted by Gasteiger charge is -2.52. The van der Waals surface area contributed by atoms with Gasteiger partial charge in [0, 0.05) is 37.3 Å². The van der Waals surface area contributed by atoms with E-state index >= 15 is 0 Å². The summed E-state index contributed by atoms with van der Waals surface area (Å²) >= 11 is 0. The van der Waals surface area contributed by atoms with Gasteiger partial charge < -0.3 is 10.1 Å². The van der Waals surface area contributed by atoms with Crippen LogP contribution in [0.2, 0.25) is 0 Å². The molecule has 0 amide bonds. The van der Waals surface area contributed by atoms with Gasteiger partial charge in [-0.2, -0.15) is 0 Å². The highest BCUT2D eigenvalue weighted by Gasteiger charge is 2.43. The Balaban J connectivity index is 1.82. The van der Waals surface area contributed by atoms with E-state index in [-0.39, 0.29) is 0 Å². The molecule has 0 aromatic heterocycles. The van der Waals surface area contributed by atoms with Crippen molar-refractivity contribution in [2.24, 2.45) is 0 Å². The molecule has 3 nitrogen and oxygen atoms in total. The number of hydrogen-bond donors (Lipinski definition) is 1. The summed E-state index contributed by atoms with van der Waals surface area (Å²) in [5.74, 6) is 0. The second kappa shape index (κ2) is 6.47. The van der Waals surface area contributed by atoms with E-state index in [1.54, 1.807) is 0 Å². The van der Waals surface area contributed by atoms with Gasteiger partial charge in [0.15, 0.2) is 0 Å². The Hall–Kier alpha value is -0.900. The molecule has 1 aromatic rings. The van der Waals surface area contributed by atoms with E-state index in [0.717, 1.165) is 26.3 Å². The van der Waals surface area contributed by atoms with Gasteiger partial charge in [-0.25, -0.2) is 0 Å². The van der Waals surface area contributed by atoms with Crippen molar-refractivity contribution in [3.05, 3.63) is 35.9 Å². The van der Waals surface area contributed by atoms with E-state index in [1.807, 2.05) is 0 Å². The second-order valence-corrected chi connectivity index (χ2v) is 6.45. The normalized spacial score (nSPS) is 29.6. The Bertz CT molecular complexity index is 438. The van der Waals surface area contributed by atoms with Gasteiger partial charge in [-0.05, 0) is 24.8 Å². The molecule has 0 saturated carbocycles. The van der Waals surface area contributed by atoms with E-state index in [9.17, 15) is 0 Å². The first-order chi connectivity index (χ1) is 10.3. The molecule has 2 heterocycles. The predicted octanol–water partition coefficient (Wildman–Crippen LogP) is 2.98. The molecule has 2 saturated heterocycles. The number of hydrogen-bond acceptors (Lipinski definition) is 3. The van der Waals surface area contributed by atoms with Crippen LogP contribution in [0.15, 0.2) is 30.3 Å². The molecule has 1 N–H and O–H groups in total. The summed E-state index contributed by atoms with van der Waals surface area (Å²) in [6.07, 6.45) is 3.59. The summed E-state index contributed by atoms with van der Waals surface area (Å²) in [5, 5.41) is 3.80. The summed E-state index contributed by atoms with van der Waals surface area (Å²) in [7, 11) is 0. The topological polar surface area (TPSA) is 24.5 Å². The first kappa shape index (κ1) is 15.0. The van der Waals surface area contributed by atoms with E-state index in [4.69, 9.17) is 4.74 Å². The van der Waals surface area contributed by atoms with Crippen LogP contribution < -0.4 is 5.32 Å². The highest BCUT2D eigenvalue weighted by molar-refractivity contribution is 5.21. The summed E-state index contributed by atoms with van der Waals surface area (Å²) < 4.78 is 5.67. The SMILES string of the molecule is CCC1(CC)CNC(c2ccccc2)CN1C1CCOC1. The van der Waals surface area contributed by atoms with Crippen molar-refractivity contribution >= 4 is 0 Å². The second-order valence-electron chi connectivity index (χ2n) is 6.45. The maximum atomic E-state index is 5.67. The highest BCUT2D eigenvalue weighted by Crippen LogP contribution is 2.34. The van der Waals surface area contributed by atoms with E-state index in [2.05, 4.69) is 54.4 Å². The Morgan fingerprint density at radius 1 is 1.24 bits per heavy atom. The number of rotatable bonds is 4. The van der Waals surface area contributed by atoms with Crippen molar-refractivity contribution in [1.29, 1.82) is 0 Å². The van der Waals surface area contributed by atoms with Gasteiger partial charge in [-0.15, -0.1) is 0 Å². The van der Waals surface area contributed by atoms with Gasteiger partial charge in [-0.3, -0.25) is 4.90 Å². The van der Waals surface area contributed by atoms with Crippen molar-refractivity contribution in [2.75, 3.05) is 26.3 Å². The largest absolute Gasteiger partial charge is 0.380 e. The maximum absolute atomic E-state index is 5.67. The highest BCUT2D eigenvalue weighted by atomic mass is 16.5. The number of benzene rings is 1. The minimum absolute atomic E-state index is 0.295. The van der Waals surface area contributed by atoms with Gasteiger partial charge in [0.25, 0.3) is 0 Å². The minimum Gasteiger partial charge on any atom is -0.380 e. The monoisotopic (exact) mass is 288 g/mol. The lowest BCUT2D eigenvalue weighted by atomic mass is 9.84. The zero-order chi connectivity index (χ0) is 14.7. The molecular formula is C18H28N2O. The third-order valence-corrected chi connectivity index (χ3v) is 5.53. The summed E-state index contributed by atoms with van der Waals surface area (Å²) in [5.41, 5.74) is 1.70. The number of piperazine rings is 1. The van der Waals surface area contributed by atoms with E-state index < -0.39 is 0 Å². The van der Waals surface area contributed by atoms with Gasteiger partial charge in [-0.1, -0.05) is 44.2 Å². The fraction of sp³-hybridized carbons (Fsp3) is 0.667. The molecule has 2 atom stereocenters. The molecule has 0 radical (unpaired) electrons. The van der Waals surface area contributed by atoms with E-state index in [1.165, 1.54) is 24.8 Å². The van der Waals surface area contributed by atoms with Gasteiger partial charge in [0.2, 0.25) is 0 Å². The average Bonchev–Trinajstić information content (AvgIpc) is 3.09. The van der Waals surface area contributed by atoms with Crippen molar-refractivity contribution in [1.82, 2.24) is 10.2 Å². The van der Waals surface area contributed by atoms with Crippen LogP contribution in [0.25, 0.3) is 0 Å². The van der Waals surface area contributed by atoms with Gasteiger partial charge in [0.05, 0.1) is 6.61 Å². The maximum Gasteiger partial charge on any atom is 0.0622 e. The van der Waals surface area contributed by atoms with Gasteiger partial charge in [0.1, 0.15) is 0 Å². The number of nitrogens with zero attached hydrogens (tertiary/aromatic N) is 1. The van der Waals surface area contributed by atoms with Crippen molar-refractivity contribution in [2.45, 2.75) is 50.7 Å². The zero-order valence-corrected chi connectivity index (χ0v) is 13.3. The van der Waals surface area contributed by atoms with Crippen LogP contribution in [0.5, 0.6) is 0 Å². The van der Waals surface area contributed by atoms with Gasteiger partial charge >= 0.3 is 0 Å². The average molecular weight is 288 g/mol. The number of ether oxygens (including phenoxy) is 1. The Morgan fingerprint density at radius 2 is 2.00 bits per heavy atom. The van der Waals surface area contributed by atoms with E-state index in [0.29, 0.717) is 17.6 Å². The fourth-order valence-electron chi connectivity index (χ4n) is 3.99. The molecule has 3 heteroatoms. The Kier molecular flexibility index (Phi) is 4.63. The molecule has 2 aliphatic rings. The first-order valence-corrected chi connectivity index (χ1v) is 8.42. The van der Waals surface area contributed by atoms with Crippen LogP contribution >= 0.6 is 0 Å². The van der Waals surface area contributed by atoms with Crippen LogP contribution in [-0.2, 0) is 4.74 Å². The molecule has 116 valence electrons. The third-order valence-electron chi connectivity index (χ3n) is 5.53. The number of nitrogens with one attached hydrogen (secondary N) is 1. The molecule has 0 spiro atoms. The molecule has 1 aromatic carbocycles. The predicted molar refractivity (Wildman–Crippen MR) is 86.4 cm³/mol. The molecule has 21 heavy (non-hydrogen) atoms. The van der Waals surface area contributed by atoms with Crippen LogP contribution in [0.3, 0.4) is 0 Å². The molecule has 2 aliphatic heterocycles. The minimum atomic E-state index is 0.295. The standard InChI is InChI=1S/C18H28N2O/c1-3-18(4-2)14-19-17(15-8-6-5-7-9-15)12-20(18)16-10-11-21-13-16/h5-9,16-17,19H,3-4,10-14H2,1-2H3. The van der Waals surface area contributed by atoms with Crippen molar-refractivity contribution in [3.63, 3.8) is 0 Å². The van der Waals surface area contributed by atoms with Crippen molar-refractivity contribution < 1.29 is 4.74 Å². The van der Waals surface area contributed by atoms with Crippen LogP contribution in [0.4, 0.5) is 0 Å². The molecular weight excluding hydrogens is 260 g/mol. The first-order valence-electron chi connectivity index (χ1n) is 8.42.